The highest BCUT2D eigenvalue weighted by Crippen LogP contribution is 2.46. The molecule has 0 bridgehead atoms. The molecule has 0 heterocycles. The Morgan fingerprint density at radius 2 is 2.15 bits per heavy atom. The number of hydrogen-bond donors (Lipinski definition) is 0. The maximum atomic E-state index is 13.0. The molecule has 0 aliphatic heterocycles. The van der Waals surface area contributed by atoms with Crippen LogP contribution < -0.4 is 0 Å². The highest BCUT2D eigenvalue weighted by Gasteiger charge is 2.44. The number of carbonyl (C=O) groups is 1. The molecule has 0 N–H and O–H groups in total. The summed E-state index contributed by atoms with van der Waals surface area (Å²) in [5.74, 6) is -0.452. The first kappa shape index (κ1) is 8.70. The van der Waals surface area contributed by atoms with Crippen LogP contribution in [-0.4, -0.2) is 6.29 Å². The van der Waals surface area contributed by atoms with E-state index in [0.717, 1.165) is 24.7 Å². The fourth-order valence-electron chi connectivity index (χ4n) is 1.42. The minimum absolute atomic E-state index is 0.102. The zero-order chi connectivity index (χ0) is 9.47. The fourth-order valence-corrected chi connectivity index (χ4v) is 1.53. The third-order valence-electron chi connectivity index (χ3n) is 2.51. The Balaban J connectivity index is 2.42. The van der Waals surface area contributed by atoms with Crippen molar-refractivity contribution in [3.05, 3.63) is 34.6 Å². The molecule has 0 saturated heterocycles. The maximum Gasteiger partial charge on any atom is 0.142 e. The first-order valence-corrected chi connectivity index (χ1v) is 4.48. The molecule has 1 fully saturated rings. The molecular weight excluding hydrogens is 191 g/mol. The summed E-state index contributed by atoms with van der Waals surface area (Å²) in [4.78, 5) is 10.7. The summed E-state index contributed by atoms with van der Waals surface area (Å²) in [5.41, 5.74) is 0.329. The van der Waals surface area contributed by atoms with Crippen LogP contribution in [0.1, 0.15) is 18.4 Å². The van der Waals surface area contributed by atoms with Crippen molar-refractivity contribution in [3.63, 3.8) is 0 Å². The summed E-state index contributed by atoms with van der Waals surface area (Å²) in [7, 11) is 0. The van der Waals surface area contributed by atoms with Crippen molar-refractivity contribution in [1.29, 1.82) is 0 Å². The van der Waals surface area contributed by atoms with Gasteiger partial charge in [-0.15, -0.1) is 0 Å². The molecule has 68 valence electrons. The van der Waals surface area contributed by atoms with E-state index in [0.29, 0.717) is 0 Å². The molecule has 1 aliphatic carbocycles. The van der Waals surface area contributed by atoms with Gasteiger partial charge in [-0.1, -0.05) is 17.7 Å². The summed E-state index contributed by atoms with van der Waals surface area (Å²) >= 11 is 5.53. The van der Waals surface area contributed by atoms with Crippen LogP contribution in [0.3, 0.4) is 0 Å². The van der Waals surface area contributed by atoms with Crippen LogP contribution in [-0.2, 0) is 10.2 Å². The van der Waals surface area contributed by atoms with Gasteiger partial charge in [0.15, 0.2) is 0 Å². The first-order valence-electron chi connectivity index (χ1n) is 4.10. The number of benzene rings is 1. The van der Waals surface area contributed by atoms with Crippen LogP contribution in [0.25, 0.3) is 0 Å². The Kier molecular flexibility index (Phi) is 1.88. The van der Waals surface area contributed by atoms with E-state index in [1.54, 1.807) is 6.07 Å². The fraction of sp³-hybridized carbons (Fsp3) is 0.300. The van der Waals surface area contributed by atoms with Gasteiger partial charge in [-0.2, -0.15) is 0 Å². The number of aldehydes is 1. The number of rotatable bonds is 2. The van der Waals surface area contributed by atoms with E-state index in [1.165, 1.54) is 12.1 Å². The van der Waals surface area contributed by atoms with E-state index in [1.807, 2.05) is 0 Å². The van der Waals surface area contributed by atoms with Gasteiger partial charge in [0.2, 0.25) is 0 Å². The second-order valence-corrected chi connectivity index (χ2v) is 3.81. The molecule has 0 unspecified atom stereocenters. The van der Waals surface area contributed by atoms with Crippen LogP contribution in [0, 0.1) is 5.82 Å². The van der Waals surface area contributed by atoms with E-state index >= 15 is 0 Å². The van der Waals surface area contributed by atoms with Gasteiger partial charge in [0.25, 0.3) is 0 Å². The molecule has 0 aromatic heterocycles. The highest BCUT2D eigenvalue weighted by atomic mass is 35.5. The maximum absolute atomic E-state index is 13.0. The highest BCUT2D eigenvalue weighted by molar-refractivity contribution is 6.30. The predicted octanol–water partition coefficient (Wildman–Crippen LogP) is 2.71. The van der Waals surface area contributed by atoms with Crippen LogP contribution in [0.4, 0.5) is 4.39 Å². The molecule has 3 heteroatoms. The van der Waals surface area contributed by atoms with Gasteiger partial charge in [0.05, 0.1) is 10.4 Å². The second kappa shape index (κ2) is 2.81. The minimum atomic E-state index is -0.452. The second-order valence-electron chi connectivity index (χ2n) is 3.40. The van der Waals surface area contributed by atoms with Gasteiger partial charge < -0.3 is 4.79 Å². The van der Waals surface area contributed by atoms with Crippen molar-refractivity contribution >= 4 is 17.9 Å². The third-order valence-corrected chi connectivity index (χ3v) is 2.82. The van der Waals surface area contributed by atoms with Crippen molar-refractivity contribution < 1.29 is 9.18 Å². The molecule has 2 rings (SSSR count). The lowest BCUT2D eigenvalue weighted by atomic mass is 9.98. The molecule has 0 atom stereocenters. The molecule has 1 aliphatic rings. The standard InChI is InChI=1S/C10H8ClFO/c11-8-2-1-7(5-9(8)12)10(6-13)3-4-10/h1-2,5-6H,3-4H2. The lowest BCUT2D eigenvalue weighted by Crippen LogP contribution is -2.07. The van der Waals surface area contributed by atoms with E-state index < -0.39 is 11.2 Å². The normalized spacial score (nSPS) is 18.3. The van der Waals surface area contributed by atoms with Crippen LogP contribution in [0.5, 0.6) is 0 Å². The van der Waals surface area contributed by atoms with E-state index in [9.17, 15) is 9.18 Å². The van der Waals surface area contributed by atoms with Crippen molar-refractivity contribution in [2.45, 2.75) is 18.3 Å². The molecule has 13 heavy (non-hydrogen) atoms. The average Bonchev–Trinajstić information content (AvgIpc) is 2.90. The summed E-state index contributed by atoms with van der Waals surface area (Å²) in [6, 6.07) is 4.56. The van der Waals surface area contributed by atoms with Gasteiger partial charge in [-0.25, -0.2) is 4.39 Å². The zero-order valence-corrected chi connectivity index (χ0v) is 7.64. The molecule has 1 aromatic rings. The van der Waals surface area contributed by atoms with Crippen molar-refractivity contribution in [1.82, 2.24) is 0 Å². The Morgan fingerprint density at radius 3 is 2.62 bits per heavy atom. The minimum Gasteiger partial charge on any atom is -0.302 e. The van der Waals surface area contributed by atoms with E-state index in [2.05, 4.69) is 0 Å². The predicted molar refractivity (Wildman–Crippen MR) is 48.4 cm³/mol. The Bertz CT molecular complexity index is 358. The van der Waals surface area contributed by atoms with Crippen molar-refractivity contribution in [2.24, 2.45) is 0 Å². The average molecular weight is 199 g/mol. The van der Waals surface area contributed by atoms with Crippen LogP contribution >= 0.6 is 11.6 Å². The summed E-state index contributed by atoms with van der Waals surface area (Å²) in [6.07, 6.45) is 2.53. The SMILES string of the molecule is O=CC1(c2ccc(Cl)c(F)c2)CC1. The number of hydrogen-bond acceptors (Lipinski definition) is 1. The van der Waals surface area contributed by atoms with Gasteiger partial charge >= 0.3 is 0 Å². The molecule has 1 saturated carbocycles. The lowest BCUT2D eigenvalue weighted by Gasteiger charge is -2.07. The summed E-state index contributed by atoms with van der Waals surface area (Å²) in [5, 5.41) is 0.102. The Hall–Kier alpha value is -0.890. The first-order chi connectivity index (χ1) is 6.18. The summed E-state index contributed by atoms with van der Waals surface area (Å²) < 4.78 is 13.0. The zero-order valence-electron chi connectivity index (χ0n) is 6.89. The van der Waals surface area contributed by atoms with Crippen molar-refractivity contribution in [3.8, 4) is 0 Å². The molecule has 0 radical (unpaired) electrons. The van der Waals surface area contributed by atoms with Crippen LogP contribution in [0.15, 0.2) is 18.2 Å². The van der Waals surface area contributed by atoms with Crippen molar-refractivity contribution in [2.75, 3.05) is 0 Å². The number of halogens is 2. The number of carbonyl (C=O) groups excluding carboxylic acids is 1. The van der Waals surface area contributed by atoms with E-state index in [4.69, 9.17) is 11.6 Å². The monoisotopic (exact) mass is 198 g/mol. The largest absolute Gasteiger partial charge is 0.302 e. The molecule has 0 amide bonds. The molecule has 1 nitrogen and oxygen atoms in total. The van der Waals surface area contributed by atoms with Gasteiger partial charge in [-0.3, -0.25) is 0 Å². The lowest BCUT2D eigenvalue weighted by molar-refractivity contribution is -0.109. The summed E-state index contributed by atoms with van der Waals surface area (Å²) in [6.45, 7) is 0. The molecule has 0 spiro atoms. The van der Waals surface area contributed by atoms with E-state index in [-0.39, 0.29) is 5.02 Å². The molecular formula is C10H8ClFO. The van der Waals surface area contributed by atoms with Crippen LogP contribution in [0.2, 0.25) is 5.02 Å². The third kappa shape index (κ3) is 1.35. The Labute approximate surface area is 80.5 Å². The van der Waals surface area contributed by atoms with Gasteiger partial charge in [0.1, 0.15) is 12.1 Å². The quantitative estimate of drug-likeness (QED) is 0.668. The topological polar surface area (TPSA) is 17.1 Å². The van der Waals surface area contributed by atoms with Gasteiger partial charge in [0, 0.05) is 0 Å². The smallest absolute Gasteiger partial charge is 0.142 e. The Morgan fingerprint density at radius 1 is 1.46 bits per heavy atom. The molecule has 1 aromatic carbocycles. The van der Waals surface area contributed by atoms with Gasteiger partial charge in [-0.05, 0) is 30.5 Å².